The van der Waals surface area contributed by atoms with Crippen LogP contribution in [0.3, 0.4) is 0 Å². The van der Waals surface area contributed by atoms with Crippen molar-refractivity contribution >= 4 is 11.5 Å². The van der Waals surface area contributed by atoms with Crippen molar-refractivity contribution in [2.24, 2.45) is 0 Å². The van der Waals surface area contributed by atoms with Crippen LogP contribution in [0.2, 0.25) is 0 Å². The van der Waals surface area contributed by atoms with Gasteiger partial charge in [0, 0.05) is 18.8 Å². The van der Waals surface area contributed by atoms with E-state index in [0.29, 0.717) is 11.4 Å². The minimum absolute atomic E-state index is 0.0627. The van der Waals surface area contributed by atoms with Gasteiger partial charge in [0.1, 0.15) is 5.69 Å². The van der Waals surface area contributed by atoms with E-state index in [1.807, 2.05) is 0 Å². The second-order valence-electron chi connectivity index (χ2n) is 2.32. The number of nitrogens with zero attached hydrogens (tertiary/aromatic N) is 1. The fourth-order valence-electron chi connectivity index (χ4n) is 0.639. The Balaban J connectivity index is 0.000000424. The van der Waals surface area contributed by atoms with Crippen molar-refractivity contribution in [1.82, 2.24) is 4.98 Å². The topological polar surface area (TPSA) is 56.0 Å². The monoisotopic (exact) mass is 176 g/mol. The molecule has 0 radical (unpaired) electrons. The van der Waals surface area contributed by atoms with E-state index in [0.717, 1.165) is 0 Å². The number of carbonyl (C=O) groups is 1. The number of pyridine rings is 1. The number of hydrogen-bond acceptors (Lipinski definition) is 3. The van der Waals surface area contributed by atoms with Gasteiger partial charge in [-0.15, -0.1) is 12.3 Å². The van der Waals surface area contributed by atoms with Crippen LogP contribution in [0.25, 0.3) is 0 Å². The highest BCUT2D eigenvalue weighted by Gasteiger charge is 1.98. The molecule has 0 unspecified atom stereocenters. The number of carbonyl (C=O) groups excluding carboxylic acids is 1. The van der Waals surface area contributed by atoms with Gasteiger partial charge in [0.15, 0.2) is 5.78 Å². The molecule has 13 heavy (non-hydrogen) atoms. The standard InChI is InChI=1S/C7H8N2O.C3H4/c1-5(10)7-4-6(8)2-3-9-7;1-3-2/h2-4H,1H3,(H2,8,9);1H,2H3. The van der Waals surface area contributed by atoms with Crippen molar-refractivity contribution in [2.75, 3.05) is 5.73 Å². The summed E-state index contributed by atoms with van der Waals surface area (Å²) in [6, 6.07) is 3.20. The Morgan fingerprint density at radius 3 is 2.54 bits per heavy atom. The summed E-state index contributed by atoms with van der Waals surface area (Å²) >= 11 is 0. The highest BCUT2D eigenvalue weighted by atomic mass is 16.1. The van der Waals surface area contributed by atoms with Crippen LogP contribution in [0, 0.1) is 12.3 Å². The van der Waals surface area contributed by atoms with E-state index in [4.69, 9.17) is 5.73 Å². The minimum Gasteiger partial charge on any atom is -0.399 e. The smallest absolute Gasteiger partial charge is 0.178 e. The SMILES string of the molecule is C#CC.CC(=O)c1cc(N)ccn1. The molecule has 1 heterocycles. The zero-order valence-corrected chi connectivity index (χ0v) is 7.74. The molecule has 0 saturated carbocycles. The second-order valence-corrected chi connectivity index (χ2v) is 2.32. The number of nitrogens with two attached hydrogens (primary N) is 1. The second kappa shape index (κ2) is 5.78. The lowest BCUT2D eigenvalue weighted by Gasteiger charge is -1.93. The molecule has 0 aromatic carbocycles. The lowest BCUT2D eigenvalue weighted by Crippen LogP contribution is -1.97. The number of ketones is 1. The molecule has 0 fully saturated rings. The summed E-state index contributed by atoms with van der Waals surface area (Å²) < 4.78 is 0. The van der Waals surface area contributed by atoms with Gasteiger partial charge >= 0.3 is 0 Å². The maximum Gasteiger partial charge on any atom is 0.178 e. The Morgan fingerprint density at radius 2 is 2.23 bits per heavy atom. The Morgan fingerprint density at radius 1 is 1.69 bits per heavy atom. The van der Waals surface area contributed by atoms with Crippen molar-refractivity contribution in [3.63, 3.8) is 0 Å². The normalized spacial score (nSPS) is 7.77. The molecule has 0 aliphatic carbocycles. The third kappa shape index (κ3) is 4.59. The van der Waals surface area contributed by atoms with Crippen LogP contribution in [0.15, 0.2) is 18.3 Å². The molecule has 0 aliphatic heterocycles. The Bertz CT molecular complexity index is 326. The van der Waals surface area contributed by atoms with Gasteiger partial charge < -0.3 is 5.73 Å². The molecule has 68 valence electrons. The predicted molar refractivity (Wildman–Crippen MR) is 53.2 cm³/mol. The minimum atomic E-state index is -0.0627. The maximum absolute atomic E-state index is 10.7. The molecule has 0 amide bonds. The van der Waals surface area contributed by atoms with Gasteiger partial charge in [0.25, 0.3) is 0 Å². The third-order valence-corrected chi connectivity index (χ3v) is 1.14. The van der Waals surface area contributed by atoms with Gasteiger partial charge in [-0.2, -0.15) is 0 Å². The van der Waals surface area contributed by atoms with Crippen molar-refractivity contribution in [3.8, 4) is 12.3 Å². The summed E-state index contributed by atoms with van der Waals surface area (Å²) in [5, 5.41) is 0. The molecule has 0 saturated heterocycles. The van der Waals surface area contributed by atoms with Crippen molar-refractivity contribution < 1.29 is 4.79 Å². The van der Waals surface area contributed by atoms with Crippen molar-refractivity contribution in [3.05, 3.63) is 24.0 Å². The average molecular weight is 176 g/mol. The number of anilines is 1. The first kappa shape index (κ1) is 11.2. The highest BCUT2D eigenvalue weighted by Crippen LogP contribution is 2.02. The Labute approximate surface area is 78.0 Å². The zero-order chi connectivity index (χ0) is 10.3. The Hall–Kier alpha value is -1.82. The number of hydrogen-bond donors (Lipinski definition) is 1. The van der Waals surface area contributed by atoms with E-state index in [1.165, 1.54) is 13.1 Å². The molecule has 0 bridgehead atoms. The van der Waals surface area contributed by atoms with E-state index in [2.05, 4.69) is 17.3 Å². The fraction of sp³-hybridized carbons (Fsp3) is 0.200. The molecule has 0 aliphatic rings. The zero-order valence-electron chi connectivity index (χ0n) is 7.74. The molecule has 1 aromatic heterocycles. The highest BCUT2D eigenvalue weighted by molar-refractivity contribution is 5.92. The van der Waals surface area contributed by atoms with Crippen LogP contribution in [0.5, 0.6) is 0 Å². The predicted octanol–water partition coefficient (Wildman–Crippen LogP) is 1.51. The van der Waals surface area contributed by atoms with Gasteiger partial charge in [0.05, 0.1) is 0 Å². The summed E-state index contributed by atoms with van der Waals surface area (Å²) in [4.78, 5) is 14.5. The van der Waals surface area contributed by atoms with Crippen molar-refractivity contribution in [2.45, 2.75) is 13.8 Å². The van der Waals surface area contributed by atoms with Gasteiger partial charge in [0.2, 0.25) is 0 Å². The lowest BCUT2D eigenvalue weighted by atomic mass is 10.2. The van der Waals surface area contributed by atoms with Gasteiger partial charge in [-0.05, 0) is 19.1 Å². The number of Topliss-reactive ketones (excluding diaryl/α,β-unsaturated/α-hetero) is 1. The van der Waals surface area contributed by atoms with Crippen LogP contribution in [0.4, 0.5) is 5.69 Å². The third-order valence-electron chi connectivity index (χ3n) is 1.14. The van der Waals surface area contributed by atoms with Gasteiger partial charge in [-0.25, -0.2) is 0 Å². The average Bonchev–Trinajstić information content (AvgIpc) is 2.05. The molecule has 1 rings (SSSR count). The fourth-order valence-corrected chi connectivity index (χ4v) is 0.639. The largest absolute Gasteiger partial charge is 0.399 e. The molecule has 0 spiro atoms. The molecule has 1 aromatic rings. The first-order chi connectivity index (χ1) is 6.11. The molecular formula is C10H12N2O. The number of rotatable bonds is 1. The molecule has 0 atom stereocenters. The lowest BCUT2D eigenvalue weighted by molar-refractivity contribution is 0.101. The summed E-state index contributed by atoms with van der Waals surface area (Å²) in [7, 11) is 0. The van der Waals surface area contributed by atoms with E-state index in [-0.39, 0.29) is 5.78 Å². The van der Waals surface area contributed by atoms with E-state index in [1.54, 1.807) is 19.1 Å². The first-order valence-electron chi connectivity index (χ1n) is 3.71. The number of aromatic nitrogens is 1. The molecular weight excluding hydrogens is 164 g/mol. The van der Waals surface area contributed by atoms with Crippen LogP contribution < -0.4 is 5.73 Å². The van der Waals surface area contributed by atoms with Gasteiger partial charge in [-0.3, -0.25) is 9.78 Å². The van der Waals surface area contributed by atoms with Crippen LogP contribution in [0.1, 0.15) is 24.3 Å². The summed E-state index contributed by atoms with van der Waals surface area (Å²) in [6.07, 6.45) is 6.12. The van der Waals surface area contributed by atoms with Crippen LogP contribution in [-0.4, -0.2) is 10.8 Å². The first-order valence-corrected chi connectivity index (χ1v) is 3.71. The summed E-state index contributed by atoms with van der Waals surface area (Å²) in [5.41, 5.74) is 6.39. The molecule has 2 N–H and O–H groups in total. The molecule has 3 heteroatoms. The Kier molecular flexibility index (Phi) is 4.97. The quantitative estimate of drug-likeness (QED) is 0.521. The number of terminal acetylenes is 1. The van der Waals surface area contributed by atoms with Crippen LogP contribution in [-0.2, 0) is 0 Å². The summed E-state index contributed by atoms with van der Waals surface area (Å²) in [5.74, 6) is 2.19. The maximum atomic E-state index is 10.7. The van der Waals surface area contributed by atoms with E-state index >= 15 is 0 Å². The van der Waals surface area contributed by atoms with Crippen molar-refractivity contribution in [1.29, 1.82) is 0 Å². The van der Waals surface area contributed by atoms with E-state index < -0.39 is 0 Å². The molecule has 3 nitrogen and oxygen atoms in total. The summed E-state index contributed by atoms with van der Waals surface area (Å²) in [6.45, 7) is 3.11. The van der Waals surface area contributed by atoms with Crippen LogP contribution >= 0.6 is 0 Å². The number of nitrogen functional groups attached to an aromatic ring is 1. The van der Waals surface area contributed by atoms with Gasteiger partial charge in [-0.1, -0.05) is 0 Å². The van der Waals surface area contributed by atoms with E-state index in [9.17, 15) is 4.79 Å².